The van der Waals surface area contributed by atoms with Crippen LogP contribution in [0.2, 0.25) is 0 Å². The summed E-state index contributed by atoms with van der Waals surface area (Å²) in [6, 6.07) is 3.30. The van der Waals surface area contributed by atoms with Crippen LogP contribution in [0.5, 0.6) is 5.88 Å². The van der Waals surface area contributed by atoms with Crippen molar-refractivity contribution < 1.29 is 9.53 Å². The molecule has 7 nitrogen and oxygen atoms in total. The van der Waals surface area contributed by atoms with Crippen LogP contribution in [0.25, 0.3) is 10.4 Å². The van der Waals surface area contributed by atoms with Crippen LogP contribution in [-0.4, -0.2) is 31.1 Å². The Labute approximate surface area is 98.4 Å². The Hall–Kier alpha value is -2.27. The van der Waals surface area contributed by atoms with E-state index in [0.717, 1.165) is 0 Å². The number of carbonyl (C=O) groups is 1. The van der Waals surface area contributed by atoms with Crippen LogP contribution in [0, 0.1) is 0 Å². The minimum absolute atomic E-state index is 0.254. The minimum atomic E-state index is -0.254. The standard InChI is InChI=1S/C10H13N5O2/c1-17-10-8(4-2-5-13-10)9(16)12-6-3-7-14-15-11/h2,4-5H,3,6-7H2,1H3,(H,12,16). The molecule has 1 aromatic rings. The van der Waals surface area contributed by atoms with Gasteiger partial charge < -0.3 is 10.1 Å². The van der Waals surface area contributed by atoms with Crippen LogP contribution < -0.4 is 10.1 Å². The monoisotopic (exact) mass is 235 g/mol. The first-order valence-corrected chi connectivity index (χ1v) is 5.07. The number of hydrogen-bond donors (Lipinski definition) is 1. The molecule has 0 aliphatic heterocycles. The molecule has 0 bridgehead atoms. The predicted molar refractivity (Wildman–Crippen MR) is 61.8 cm³/mol. The first-order chi connectivity index (χ1) is 8.29. The molecule has 0 aliphatic carbocycles. The second kappa shape index (κ2) is 7.08. The second-order valence-electron chi connectivity index (χ2n) is 3.12. The van der Waals surface area contributed by atoms with Gasteiger partial charge in [0.2, 0.25) is 5.88 Å². The number of nitrogens with zero attached hydrogens (tertiary/aromatic N) is 4. The molecular formula is C10H13N5O2. The molecule has 0 fully saturated rings. The van der Waals surface area contributed by atoms with Gasteiger partial charge in [0.25, 0.3) is 5.91 Å². The van der Waals surface area contributed by atoms with Gasteiger partial charge in [-0.15, -0.1) is 0 Å². The number of hydrogen-bond acceptors (Lipinski definition) is 4. The van der Waals surface area contributed by atoms with Gasteiger partial charge >= 0.3 is 0 Å². The molecule has 0 spiro atoms. The Balaban J connectivity index is 2.49. The van der Waals surface area contributed by atoms with Crippen LogP contribution in [0.1, 0.15) is 16.8 Å². The Bertz CT molecular complexity index is 428. The molecule has 90 valence electrons. The molecule has 1 amide bonds. The van der Waals surface area contributed by atoms with Gasteiger partial charge in [0, 0.05) is 24.2 Å². The molecular weight excluding hydrogens is 222 g/mol. The number of pyridine rings is 1. The highest BCUT2D eigenvalue weighted by Crippen LogP contribution is 2.12. The molecule has 17 heavy (non-hydrogen) atoms. The molecule has 0 saturated carbocycles. The van der Waals surface area contributed by atoms with Crippen LogP contribution in [0.4, 0.5) is 0 Å². The largest absolute Gasteiger partial charge is 0.480 e. The van der Waals surface area contributed by atoms with Crippen LogP contribution in [-0.2, 0) is 0 Å². The molecule has 1 rings (SSSR count). The summed E-state index contributed by atoms with van der Waals surface area (Å²) in [5, 5.41) is 6.06. The van der Waals surface area contributed by atoms with E-state index in [1.54, 1.807) is 18.3 Å². The molecule has 0 radical (unpaired) electrons. The number of carbonyl (C=O) groups excluding carboxylic acids is 1. The molecule has 0 saturated heterocycles. The lowest BCUT2D eigenvalue weighted by Crippen LogP contribution is -2.25. The lowest BCUT2D eigenvalue weighted by molar-refractivity contribution is 0.0949. The van der Waals surface area contributed by atoms with Gasteiger partial charge in [0.1, 0.15) is 5.56 Å². The molecule has 0 aromatic carbocycles. The Morgan fingerprint density at radius 2 is 2.53 bits per heavy atom. The third kappa shape index (κ3) is 4.00. The average Bonchev–Trinajstić information content (AvgIpc) is 2.38. The van der Waals surface area contributed by atoms with Gasteiger partial charge in [0.05, 0.1) is 7.11 Å². The zero-order chi connectivity index (χ0) is 12.5. The van der Waals surface area contributed by atoms with E-state index in [9.17, 15) is 4.79 Å². The molecule has 1 heterocycles. The normalized spacial score (nSPS) is 9.24. The first kappa shape index (κ1) is 12.8. The van der Waals surface area contributed by atoms with E-state index in [1.165, 1.54) is 7.11 Å². The smallest absolute Gasteiger partial charge is 0.256 e. The summed E-state index contributed by atoms with van der Waals surface area (Å²) in [6.45, 7) is 0.802. The van der Waals surface area contributed by atoms with Crippen LogP contribution >= 0.6 is 0 Å². The second-order valence-corrected chi connectivity index (χ2v) is 3.12. The lowest BCUT2D eigenvalue weighted by Gasteiger charge is -2.07. The average molecular weight is 235 g/mol. The summed E-state index contributed by atoms with van der Waals surface area (Å²) in [5.74, 6) is 0.0379. The van der Waals surface area contributed by atoms with Crippen molar-refractivity contribution in [3.8, 4) is 5.88 Å². The molecule has 0 aliphatic rings. The van der Waals surface area contributed by atoms with Crippen molar-refractivity contribution >= 4 is 5.91 Å². The van der Waals surface area contributed by atoms with Gasteiger partial charge in [-0.25, -0.2) is 4.98 Å². The molecule has 1 N–H and O–H groups in total. The number of azide groups is 1. The highest BCUT2D eigenvalue weighted by atomic mass is 16.5. The van der Waals surface area contributed by atoms with Gasteiger partial charge in [0.15, 0.2) is 0 Å². The Kier molecular flexibility index (Phi) is 5.33. The van der Waals surface area contributed by atoms with Gasteiger partial charge in [-0.05, 0) is 24.1 Å². The van der Waals surface area contributed by atoms with E-state index < -0.39 is 0 Å². The van der Waals surface area contributed by atoms with Crippen LogP contribution in [0.3, 0.4) is 0 Å². The Morgan fingerprint density at radius 1 is 1.71 bits per heavy atom. The van der Waals surface area contributed by atoms with E-state index in [2.05, 4.69) is 20.3 Å². The zero-order valence-corrected chi connectivity index (χ0v) is 9.46. The number of nitrogens with one attached hydrogen (secondary N) is 1. The third-order valence-corrected chi connectivity index (χ3v) is 1.99. The quantitative estimate of drug-likeness (QED) is 0.350. The van der Waals surface area contributed by atoms with Crippen molar-refractivity contribution in [3.63, 3.8) is 0 Å². The van der Waals surface area contributed by atoms with Crippen LogP contribution in [0.15, 0.2) is 23.4 Å². The maximum absolute atomic E-state index is 11.7. The highest BCUT2D eigenvalue weighted by Gasteiger charge is 2.11. The lowest BCUT2D eigenvalue weighted by atomic mass is 10.2. The van der Waals surface area contributed by atoms with E-state index in [-0.39, 0.29) is 5.91 Å². The molecule has 1 aromatic heterocycles. The summed E-state index contributed by atoms with van der Waals surface area (Å²) in [4.78, 5) is 18.3. The maximum atomic E-state index is 11.7. The van der Waals surface area contributed by atoms with Gasteiger partial charge in [-0.3, -0.25) is 4.79 Å². The fourth-order valence-electron chi connectivity index (χ4n) is 1.22. The van der Waals surface area contributed by atoms with Gasteiger partial charge in [-0.1, -0.05) is 5.11 Å². The SMILES string of the molecule is COc1ncccc1C(=O)NCCCN=[N+]=[N-]. The summed E-state index contributed by atoms with van der Waals surface area (Å²) in [6.07, 6.45) is 2.15. The fraction of sp³-hybridized carbons (Fsp3) is 0.400. The summed E-state index contributed by atoms with van der Waals surface area (Å²) < 4.78 is 4.97. The number of rotatable bonds is 6. The van der Waals surface area contributed by atoms with Gasteiger partial charge in [-0.2, -0.15) is 0 Å². The molecule has 0 unspecified atom stereocenters. The number of ether oxygens (including phenoxy) is 1. The van der Waals surface area contributed by atoms with Crippen molar-refractivity contribution in [2.75, 3.05) is 20.2 Å². The zero-order valence-electron chi connectivity index (χ0n) is 9.46. The predicted octanol–water partition coefficient (Wildman–Crippen LogP) is 1.52. The number of aromatic nitrogens is 1. The maximum Gasteiger partial charge on any atom is 0.256 e. The highest BCUT2D eigenvalue weighted by molar-refractivity contribution is 5.96. The molecule has 7 heteroatoms. The molecule has 0 atom stereocenters. The number of amides is 1. The van der Waals surface area contributed by atoms with E-state index in [1.807, 2.05) is 0 Å². The number of methoxy groups -OCH3 is 1. The van der Waals surface area contributed by atoms with Crippen molar-refractivity contribution in [2.24, 2.45) is 5.11 Å². The van der Waals surface area contributed by atoms with E-state index in [4.69, 9.17) is 10.3 Å². The first-order valence-electron chi connectivity index (χ1n) is 5.07. The third-order valence-electron chi connectivity index (χ3n) is 1.99. The minimum Gasteiger partial charge on any atom is -0.480 e. The van der Waals surface area contributed by atoms with E-state index >= 15 is 0 Å². The van der Waals surface area contributed by atoms with E-state index in [0.29, 0.717) is 31.0 Å². The summed E-state index contributed by atoms with van der Waals surface area (Å²) >= 11 is 0. The summed E-state index contributed by atoms with van der Waals surface area (Å²) in [5.41, 5.74) is 8.46. The van der Waals surface area contributed by atoms with Crippen molar-refractivity contribution in [3.05, 3.63) is 34.3 Å². The van der Waals surface area contributed by atoms with Crippen molar-refractivity contribution in [2.45, 2.75) is 6.42 Å². The summed E-state index contributed by atoms with van der Waals surface area (Å²) in [7, 11) is 1.46. The van der Waals surface area contributed by atoms with Crippen molar-refractivity contribution in [1.82, 2.24) is 10.3 Å². The van der Waals surface area contributed by atoms with Crippen molar-refractivity contribution in [1.29, 1.82) is 0 Å². The topological polar surface area (TPSA) is 100.0 Å². The fourth-order valence-corrected chi connectivity index (χ4v) is 1.22. The Morgan fingerprint density at radius 3 is 3.24 bits per heavy atom.